The van der Waals surface area contributed by atoms with Crippen molar-refractivity contribution in [1.82, 2.24) is 24.3 Å². The molecular weight excluding hydrogens is 437 g/mol. The molecule has 0 atom stereocenters. The molecule has 0 amide bonds. The molecule has 1 saturated carbocycles. The van der Waals surface area contributed by atoms with Crippen molar-refractivity contribution in [2.75, 3.05) is 0 Å². The van der Waals surface area contributed by atoms with Crippen LogP contribution in [0.25, 0.3) is 17.1 Å². The molecule has 5 nitrogen and oxygen atoms in total. The van der Waals surface area contributed by atoms with Gasteiger partial charge in [0.05, 0.1) is 29.9 Å². The number of nitrogens with zero attached hydrogens (tertiary/aromatic N) is 5. The zero-order valence-electron chi connectivity index (χ0n) is 15.0. The maximum Gasteiger partial charge on any atom is 0.160 e. The maximum absolute atomic E-state index is 4.99. The Bertz CT molecular complexity index is 965. The Morgan fingerprint density at radius 1 is 1.19 bits per heavy atom. The normalized spacial score (nSPS) is 16.7. The summed E-state index contributed by atoms with van der Waals surface area (Å²) in [6.07, 6.45) is 9.69. The van der Waals surface area contributed by atoms with Crippen LogP contribution in [0.2, 0.25) is 0 Å². The molecule has 1 aliphatic heterocycles. The van der Waals surface area contributed by atoms with Crippen LogP contribution < -0.4 is 0 Å². The highest BCUT2D eigenvalue weighted by Gasteiger charge is 2.25. The molecule has 26 heavy (non-hydrogen) atoms. The van der Waals surface area contributed by atoms with E-state index in [1.54, 1.807) is 0 Å². The van der Waals surface area contributed by atoms with Gasteiger partial charge < -0.3 is 4.57 Å². The molecule has 134 valence electrons. The number of halogens is 1. The lowest BCUT2D eigenvalue weighted by Gasteiger charge is -2.19. The highest BCUT2D eigenvalue weighted by atomic mass is 127. The summed E-state index contributed by atoms with van der Waals surface area (Å²) < 4.78 is 5.49. The Kier molecular flexibility index (Phi) is 4.10. The number of hydrogen-bond donors (Lipinski definition) is 0. The quantitative estimate of drug-likeness (QED) is 0.414. The molecule has 0 saturated heterocycles. The van der Waals surface area contributed by atoms with Crippen molar-refractivity contribution >= 4 is 22.6 Å². The van der Waals surface area contributed by atoms with Crippen molar-refractivity contribution in [1.29, 1.82) is 0 Å². The molecule has 1 aromatic carbocycles. The zero-order valence-corrected chi connectivity index (χ0v) is 17.1. The van der Waals surface area contributed by atoms with Crippen molar-refractivity contribution in [3.63, 3.8) is 0 Å². The highest BCUT2D eigenvalue weighted by molar-refractivity contribution is 14.1. The van der Waals surface area contributed by atoms with Crippen LogP contribution in [0, 0.1) is 16.4 Å². The van der Waals surface area contributed by atoms with Crippen LogP contribution in [0.4, 0.5) is 0 Å². The summed E-state index contributed by atoms with van der Waals surface area (Å²) in [6, 6.07) is 6.53. The molecule has 3 heterocycles. The van der Waals surface area contributed by atoms with E-state index in [1.807, 2.05) is 6.33 Å². The topological polar surface area (TPSA) is 48.5 Å². The second-order valence-corrected chi connectivity index (χ2v) is 8.77. The largest absolute Gasteiger partial charge is 0.300 e. The summed E-state index contributed by atoms with van der Waals surface area (Å²) in [4.78, 5) is 9.53. The molecule has 1 aliphatic carbocycles. The van der Waals surface area contributed by atoms with Crippen molar-refractivity contribution < 1.29 is 0 Å². The average Bonchev–Trinajstić information content (AvgIpc) is 3.17. The number of rotatable bonds is 2. The predicted octanol–water partition coefficient (Wildman–Crippen LogP) is 4.53. The first-order valence-corrected chi connectivity index (χ1v) is 10.5. The molecule has 0 spiro atoms. The molecule has 0 bridgehead atoms. The van der Waals surface area contributed by atoms with E-state index < -0.39 is 0 Å². The molecule has 6 heteroatoms. The van der Waals surface area contributed by atoms with Gasteiger partial charge in [-0.25, -0.2) is 14.6 Å². The van der Waals surface area contributed by atoms with E-state index in [4.69, 9.17) is 10.1 Å². The van der Waals surface area contributed by atoms with E-state index >= 15 is 0 Å². The summed E-state index contributed by atoms with van der Waals surface area (Å²) in [6.45, 7) is 2.80. The molecule has 0 radical (unpaired) electrons. The highest BCUT2D eigenvalue weighted by Crippen LogP contribution is 2.33. The van der Waals surface area contributed by atoms with Crippen molar-refractivity contribution in [2.24, 2.45) is 5.92 Å². The summed E-state index contributed by atoms with van der Waals surface area (Å²) in [5.74, 6) is 2.74. The monoisotopic (exact) mass is 459 g/mol. The summed E-state index contributed by atoms with van der Waals surface area (Å²) in [5, 5.41) is 4.91. The third kappa shape index (κ3) is 2.78. The SMILES string of the molecule is Cc1ncn2c1Cn1nc(CC3CCCCC3)nc1-c1cc(I)ccc1-2. The Morgan fingerprint density at radius 2 is 2.04 bits per heavy atom. The number of imidazole rings is 1. The Balaban J connectivity index is 1.60. The van der Waals surface area contributed by atoms with E-state index in [0.717, 1.165) is 47.5 Å². The van der Waals surface area contributed by atoms with E-state index in [1.165, 1.54) is 41.4 Å². The van der Waals surface area contributed by atoms with Crippen molar-refractivity contribution in [2.45, 2.75) is 52.0 Å². The van der Waals surface area contributed by atoms with Gasteiger partial charge in [0, 0.05) is 15.6 Å². The lowest BCUT2D eigenvalue weighted by atomic mass is 9.87. The third-order valence-electron chi connectivity index (χ3n) is 5.75. The molecule has 2 aromatic heterocycles. The standard InChI is InChI=1S/C20H22IN5/c1-13-18-11-26-20(23-19(24-26)9-14-5-3-2-4-6-14)16-10-15(21)7-8-17(16)25(18)12-22-13/h7-8,10,12,14H,2-6,9,11H2,1H3. The minimum Gasteiger partial charge on any atom is -0.300 e. The number of benzene rings is 1. The molecular formula is C20H22IN5. The number of aryl methyl sites for hydroxylation is 1. The van der Waals surface area contributed by atoms with E-state index in [-0.39, 0.29) is 0 Å². The molecule has 2 aliphatic rings. The van der Waals surface area contributed by atoms with Crippen LogP contribution in [-0.2, 0) is 13.0 Å². The molecule has 3 aromatic rings. The van der Waals surface area contributed by atoms with E-state index in [0.29, 0.717) is 0 Å². The van der Waals surface area contributed by atoms with Gasteiger partial charge in [-0.05, 0) is 53.6 Å². The van der Waals surface area contributed by atoms with Gasteiger partial charge in [0.1, 0.15) is 0 Å². The number of fused-ring (bicyclic) bond motifs is 5. The van der Waals surface area contributed by atoms with Crippen LogP contribution >= 0.6 is 22.6 Å². The van der Waals surface area contributed by atoms with Crippen molar-refractivity contribution in [3.8, 4) is 17.1 Å². The summed E-state index contributed by atoms with van der Waals surface area (Å²) in [5.41, 5.74) is 4.55. The minimum atomic E-state index is 0.726. The first-order valence-electron chi connectivity index (χ1n) is 9.46. The third-order valence-corrected chi connectivity index (χ3v) is 6.42. The number of hydrogen-bond acceptors (Lipinski definition) is 3. The second-order valence-electron chi connectivity index (χ2n) is 7.53. The zero-order chi connectivity index (χ0) is 17.7. The smallest absolute Gasteiger partial charge is 0.160 e. The fourth-order valence-corrected chi connectivity index (χ4v) is 4.83. The van der Waals surface area contributed by atoms with E-state index in [2.05, 4.69) is 61.9 Å². The number of aromatic nitrogens is 5. The van der Waals surface area contributed by atoms with Crippen LogP contribution in [0.5, 0.6) is 0 Å². The van der Waals surface area contributed by atoms with Gasteiger partial charge >= 0.3 is 0 Å². The van der Waals surface area contributed by atoms with Gasteiger partial charge in [-0.3, -0.25) is 0 Å². The second kappa shape index (κ2) is 6.48. The van der Waals surface area contributed by atoms with Crippen LogP contribution in [0.15, 0.2) is 24.5 Å². The predicted molar refractivity (Wildman–Crippen MR) is 109 cm³/mol. The Morgan fingerprint density at radius 3 is 2.88 bits per heavy atom. The molecule has 5 rings (SSSR count). The molecule has 0 N–H and O–H groups in total. The Labute approximate surface area is 167 Å². The van der Waals surface area contributed by atoms with E-state index in [9.17, 15) is 0 Å². The molecule has 0 unspecified atom stereocenters. The Hall–Kier alpha value is -1.70. The van der Waals surface area contributed by atoms with Gasteiger partial charge in [-0.1, -0.05) is 32.1 Å². The first kappa shape index (κ1) is 16.5. The lowest BCUT2D eigenvalue weighted by molar-refractivity contribution is 0.351. The lowest BCUT2D eigenvalue weighted by Crippen LogP contribution is -2.11. The average molecular weight is 459 g/mol. The van der Waals surface area contributed by atoms with Gasteiger partial charge in [0.2, 0.25) is 0 Å². The van der Waals surface area contributed by atoms with Gasteiger partial charge in [-0.2, -0.15) is 5.10 Å². The molecule has 1 fully saturated rings. The fraction of sp³-hybridized carbons (Fsp3) is 0.450. The maximum atomic E-state index is 4.99. The first-order chi connectivity index (χ1) is 12.7. The van der Waals surface area contributed by atoms with Gasteiger partial charge in [-0.15, -0.1) is 0 Å². The van der Waals surface area contributed by atoms with Crippen LogP contribution in [0.3, 0.4) is 0 Å². The summed E-state index contributed by atoms with van der Waals surface area (Å²) in [7, 11) is 0. The van der Waals surface area contributed by atoms with Crippen LogP contribution in [-0.4, -0.2) is 24.3 Å². The van der Waals surface area contributed by atoms with Gasteiger partial charge in [0.15, 0.2) is 11.6 Å². The fourth-order valence-electron chi connectivity index (χ4n) is 4.33. The summed E-state index contributed by atoms with van der Waals surface area (Å²) >= 11 is 2.37. The van der Waals surface area contributed by atoms with Crippen LogP contribution in [0.1, 0.15) is 49.3 Å². The minimum absolute atomic E-state index is 0.726. The van der Waals surface area contributed by atoms with Gasteiger partial charge in [0.25, 0.3) is 0 Å². The van der Waals surface area contributed by atoms with Crippen molar-refractivity contribution in [3.05, 3.63) is 45.3 Å².